The quantitative estimate of drug-likeness (QED) is 0.805. The first-order valence-corrected chi connectivity index (χ1v) is 5.70. The molecule has 1 aliphatic heterocycles. The van der Waals surface area contributed by atoms with Crippen LogP contribution in [0.2, 0.25) is 0 Å². The van der Waals surface area contributed by atoms with Crippen LogP contribution in [0.15, 0.2) is 18.2 Å². The summed E-state index contributed by atoms with van der Waals surface area (Å²) in [4.78, 5) is 7.10. The minimum atomic E-state index is 0.855. The third kappa shape index (κ3) is 3.01. The van der Waals surface area contributed by atoms with Gasteiger partial charge >= 0.3 is 0 Å². The van der Waals surface area contributed by atoms with E-state index in [4.69, 9.17) is 0 Å². The molecule has 0 unspecified atom stereocenters. The molecule has 0 saturated carbocycles. The molecule has 0 atom stereocenters. The minimum absolute atomic E-state index is 0.855. The van der Waals surface area contributed by atoms with Gasteiger partial charge in [-0.25, -0.2) is 0 Å². The van der Waals surface area contributed by atoms with Crippen molar-refractivity contribution in [3.63, 3.8) is 0 Å². The van der Waals surface area contributed by atoms with E-state index in [0.717, 1.165) is 18.8 Å². The SMILES string of the molecule is CNCc1cccc(CN2CCCC2)n1. The Hall–Kier alpha value is -0.930. The molecular formula is C12H19N3. The monoisotopic (exact) mass is 205 g/mol. The summed E-state index contributed by atoms with van der Waals surface area (Å²) in [6, 6.07) is 6.30. The number of nitrogens with zero attached hydrogens (tertiary/aromatic N) is 2. The second-order valence-electron chi connectivity index (χ2n) is 4.13. The molecule has 3 nitrogen and oxygen atoms in total. The summed E-state index contributed by atoms with van der Waals surface area (Å²) in [7, 11) is 1.95. The first kappa shape index (κ1) is 10.6. The molecule has 2 heterocycles. The van der Waals surface area contributed by atoms with Crippen molar-refractivity contribution >= 4 is 0 Å². The maximum atomic E-state index is 4.62. The van der Waals surface area contributed by atoms with Gasteiger partial charge in [0.1, 0.15) is 0 Å². The second kappa shape index (κ2) is 5.24. The lowest BCUT2D eigenvalue weighted by molar-refractivity contribution is 0.327. The van der Waals surface area contributed by atoms with Crippen LogP contribution in [-0.4, -0.2) is 30.0 Å². The number of aromatic nitrogens is 1. The molecule has 15 heavy (non-hydrogen) atoms. The van der Waals surface area contributed by atoms with Crippen molar-refractivity contribution < 1.29 is 0 Å². The average Bonchev–Trinajstić information content (AvgIpc) is 2.71. The highest BCUT2D eigenvalue weighted by Gasteiger charge is 2.12. The van der Waals surface area contributed by atoms with Crippen molar-refractivity contribution in [2.75, 3.05) is 20.1 Å². The fourth-order valence-corrected chi connectivity index (χ4v) is 2.07. The molecule has 0 radical (unpaired) electrons. The van der Waals surface area contributed by atoms with Crippen LogP contribution in [0.4, 0.5) is 0 Å². The molecule has 0 aliphatic carbocycles. The molecule has 1 aromatic heterocycles. The summed E-state index contributed by atoms with van der Waals surface area (Å²) in [5.74, 6) is 0. The number of likely N-dealkylation sites (tertiary alicyclic amines) is 1. The van der Waals surface area contributed by atoms with E-state index >= 15 is 0 Å². The maximum Gasteiger partial charge on any atom is 0.0547 e. The Labute approximate surface area is 91.5 Å². The van der Waals surface area contributed by atoms with Crippen LogP contribution in [0.3, 0.4) is 0 Å². The molecule has 0 amide bonds. The zero-order valence-corrected chi connectivity index (χ0v) is 9.37. The molecule has 3 heteroatoms. The number of pyridine rings is 1. The van der Waals surface area contributed by atoms with Gasteiger partial charge in [0, 0.05) is 13.1 Å². The van der Waals surface area contributed by atoms with Crippen LogP contribution in [0, 0.1) is 0 Å². The van der Waals surface area contributed by atoms with Gasteiger partial charge in [0.05, 0.1) is 11.4 Å². The molecule has 1 aromatic rings. The summed E-state index contributed by atoms with van der Waals surface area (Å²) in [5.41, 5.74) is 2.33. The summed E-state index contributed by atoms with van der Waals surface area (Å²) in [6.45, 7) is 4.33. The number of nitrogens with one attached hydrogen (secondary N) is 1. The van der Waals surface area contributed by atoms with Crippen molar-refractivity contribution in [1.82, 2.24) is 15.2 Å². The lowest BCUT2D eigenvalue weighted by Crippen LogP contribution is -2.19. The highest BCUT2D eigenvalue weighted by atomic mass is 15.1. The van der Waals surface area contributed by atoms with E-state index in [-0.39, 0.29) is 0 Å². The summed E-state index contributed by atoms with van der Waals surface area (Å²) < 4.78 is 0. The molecule has 1 N–H and O–H groups in total. The second-order valence-corrected chi connectivity index (χ2v) is 4.13. The highest BCUT2D eigenvalue weighted by Crippen LogP contribution is 2.11. The lowest BCUT2D eigenvalue weighted by atomic mass is 10.3. The first-order valence-electron chi connectivity index (χ1n) is 5.70. The molecule has 0 aromatic carbocycles. The van der Waals surface area contributed by atoms with Gasteiger partial charge < -0.3 is 5.32 Å². The van der Waals surface area contributed by atoms with E-state index in [0.29, 0.717) is 0 Å². The average molecular weight is 205 g/mol. The standard InChI is InChI=1S/C12H19N3/c1-13-9-11-5-4-6-12(14-11)10-15-7-2-3-8-15/h4-6,13H,2-3,7-10H2,1H3. The van der Waals surface area contributed by atoms with Gasteiger partial charge in [-0.1, -0.05) is 6.07 Å². The van der Waals surface area contributed by atoms with Gasteiger partial charge in [0.15, 0.2) is 0 Å². The highest BCUT2D eigenvalue weighted by molar-refractivity contribution is 5.11. The topological polar surface area (TPSA) is 28.2 Å². The largest absolute Gasteiger partial charge is 0.314 e. The molecule has 2 rings (SSSR count). The predicted molar refractivity (Wildman–Crippen MR) is 61.5 cm³/mol. The Morgan fingerprint density at radius 3 is 2.73 bits per heavy atom. The fraction of sp³-hybridized carbons (Fsp3) is 0.583. The molecule has 0 spiro atoms. The third-order valence-corrected chi connectivity index (χ3v) is 2.81. The zero-order valence-electron chi connectivity index (χ0n) is 9.37. The Morgan fingerprint density at radius 1 is 1.27 bits per heavy atom. The predicted octanol–water partition coefficient (Wildman–Crippen LogP) is 1.40. The van der Waals surface area contributed by atoms with Crippen molar-refractivity contribution in [2.24, 2.45) is 0 Å². The van der Waals surface area contributed by atoms with Gasteiger partial charge in [-0.05, 0) is 45.1 Å². The van der Waals surface area contributed by atoms with Crippen molar-refractivity contribution in [1.29, 1.82) is 0 Å². The Balaban J connectivity index is 1.97. The Kier molecular flexibility index (Phi) is 3.69. The molecule has 1 saturated heterocycles. The minimum Gasteiger partial charge on any atom is -0.314 e. The van der Waals surface area contributed by atoms with Gasteiger partial charge in [-0.15, -0.1) is 0 Å². The van der Waals surface area contributed by atoms with Crippen LogP contribution in [0.1, 0.15) is 24.2 Å². The van der Waals surface area contributed by atoms with Gasteiger partial charge in [-0.2, -0.15) is 0 Å². The Morgan fingerprint density at radius 2 is 2.00 bits per heavy atom. The van der Waals surface area contributed by atoms with E-state index in [9.17, 15) is 0 Å². The Bertz CT molecular complexity index is 305. The third-order valence-electron chi connectivity index (χ3n) is 2.81. The van der Waals surface area contributed by atoms with Gasteiger partial charge in [0.25, 0.3) is 0 Å². The van der Waals surface area contributed by atoms with Gasteiger partial charge in [0.2, 0.25) is 0 Å². The van der Waals surface area contributed by atoms with Gasteiger partial charge in [-0.3, -0.25) is 9.88 Å². The summed E-state index contributed by atoms with van der Waals surface area (Å²) >= 11 is 0. The lowest BCUT2D eigenvalue weighted by Gasteiger charge is -2.14. The van der Waals surface area contributed by atoms with Crippen LogP contribution in [0.5, 0.6) is 0 Å². The fourth-order valence-electron chi connectivity index (χ4n) is 2.07. The number of hydrogen-bond donors (Lipinski definition) is 1. The molecule has 82 valence electrons. The maximum absolute atomic E-state index is 4.62. The van der Waals surface area contributed by atoms with E-state index in [1.165, 1.54) is 31.6 Å². The van der Waals surface area contributed by atoms with E-state index in [1.807, 2.05) is 7.05 Å². The van der Waals surface area contributed by atoms with E-state index in [2.05, 4.69) is 33.4 Å². The molecule has 1 fully saturated rings. The molecule has 0 bridgehead atoms. The summed E-state index contributed by atoms with van der Waals surface area (Å²) in [5, 5.41) is 3.13. The first-order chi connectivity index (χ1) is 7.38. The molecular weight excluding hydrogens is 186 g/mol. The van der Waals surface area contributed by atoms with Crippen LogP contribution < -0.4 is 5.32 Å². The number of hydrogen-bond acceptors (Lipinski definition) is 3. The number of rotatable bonds is 4. The van der Waals surface area contributed by atoms with E-state index in [1.54, 1.807) is 0 Å². The van der Waals surface area contributed by atoms with Crippen LogP contribution in [-0.2, 0) is 13.1 Å². The summed E-state index contributed by atoms with van der Waals surface area (Å²) in [6.07, 6.45) is 2.69. The van der Waals surface area contributed by atoms with Crippen LogP contribution >= 0.6 is 0 Å². The smallest absolute Gasteiger partial charge is 0.0547 e. The van der Waals surface area contributed by atoms with E-state index < -0.39 is 0 Å². The van der Waals surface area contributed by atoms with Crippen molar-refractivity contribution in [3.05, 3.63) is 29.6 Å². The molecule has 1 aliphatic rings. The van der Waals surface area contributed by atoms with Crippen LogP contribution in [0.25, 0.3) is 0 Å². The normalized spacial score (nSPS) is 17.1. The zero-order chi connectivity index (χ0) is 10.5. The van der Waals surface area contributed by atoms with Crippen molar-refractivity contribution in [3.8, 4) is 0 Å². The van der Waals surface area contributed by atoms with Crippen molar-refractivity contribution in [2.45, 2.75) is 25.9 Å².